The van der Waals surface area contributed by atoms with Gasteiger partial charge in [-0.1, -0.05) is 0 Å². The van der Waals surface area contributed by atoms with Crippen molar-refractivity contribution < 1.29 is 9.59 Å². The first kappa shape index (κ1) is 15.9. The summed E-state index contributed by atoms with van der Waals surface area (Å²) in [5.74, 6) is -1.08. The standard InChI is InChI=1S/C13H12BrN7O3/c1-20-11-8(4-17-20)13(24)21(6-16-11)5-10(22)18-19-12(23)9-2-7(14)3-15-9/h2-4,6,15H,5H2,1H3,(H,18,22)(H,19,23). The van der Waals surface area contributed by atoms with Crippen LogP contribution in [-0.2, 0) is 18.4 Å². The Labute approximate surface area is 143 Å². The van der Waals surface area contributed by atoms with Crippen LogP contribution < -0.4 is 16.4 Å². The Hall–Kier alpha value is -2.95. The van der Waals surface area contributed by atoms with E-state index in [0.717, 1.165) is 4.57 Å². The molecule has 0 spiro atoms. The third kappa shape index (κ3) is 3.06. The zero-order valence-electron chi connectivity index (χ0n) is 12.4. The summed E-state index contributed by atoms with van der Waals surface area (Å²) in [7, 11) is 1.67. The molecule has 0 unspecified atom stereocenters. The number of nitrogens with zero attached hydrogens (tertiary/aromatic N) is 4. The van der Waals surface area contributed by atoms with Crippen LogP contribution in [0.4, 0.5) is 0 Å². The molecule has 0 aliphatic heterocycles. The second kappa shape index (κ2) is 6.28. The molecular formula is C13H12BrN7O3. The monoisotopic (exact) mass is 393 g/mol. The third-order valence-electron chi connectivity index (χ3n) is 3.24. The van der Waals surface area contributed by atoms with Crippen molar-refractivity contribution in [2.75, 3.05) is 0 Å². The van der Waals surface area contributed by atoms with Gasteiger partial charge in [0.25, 0.3) is 17.4 Å². The largest absolute Gasteiger partial charge is 0.356 e. The van der Waals surface area contributed by atoms with Crippen LogP contribution in [0.3, 0.4) is 0 Å². The molecule has 124 valence electrons. The van der Waals surface area contributed by atoms with Gasteiger partial charge < -0.3 is 4.98 Å². The van der Waals surface area contributed by atoms with Crippen LogP contribution in [0.15, 0.2) is 34.1 Å². The second-order valence-electron chi connectivity index (χ2n) is 4.92. The summed E-state index contributed by atoms with van der Waals surface area (Å²) in [4.78, 5) is 42.7. The number of hydrazine groups is 1. The fraction of sp³-hybridized carbons (Fsp3) is 0.154. The Bertz CT molecular complexity index is 987. The number of aryl methyl sites for hydroxylation is 1. The normalized spacial score (nSPS) is 10.8. The second-order valence-corrected chi connectivity index (χ2v) is 5.83. The maximum absolute atomic E-state index is 12.2. The quantitative estimate of drug-likeness (QED) is 0.525. The van der Waals surface area contributed by atoms with Crippen molar-refractivity contribution in [1.29, 1.82) is 0 Å². The zero-order chi connectivity index (χ0) is 17.3. The van der Waals surface area contributed by atoms with E-state index in [2.05, 4.69) is 41.8 Å². The zero-order valence-corrected chi connectivity index (χ0v) is 14.0. The Morgan fingerprint density at radius 3 is 2.88 bits per heavy atom. The topological polar surface area (TPSA) is 127 Å². The fourth-order valence-electron chi connectivity index (χ4n) is 2.07. The maximum atomic E-state index is 12.2. The van der Waals surface area contributed by atoms with E-state index >= 15 is 0 Å². The summed E-state index contributed by atoms with van der Waals surface area (Å²) in [5.41, 5.74) is 4.81. The van der Waals surface area contributed by atoms with Gasteiger partial charge in [-0.15, -0.1) is 0 Å². The summed E-state index contributed by atoms with van der Waals surface area (Å²) in [6.45, 7) is -0.286. The lowest BCUT2D eigenvalue weighted by molar-refractivity contribution is -0.122. The van der Waals surface area contributed by atoms with Gasteiger partial charge in [-0.2, -0.15) is 5.10 Å². The number of H-pyrrole nitrogens is 1. The maximum Gasteiger partial charge on any atom is 0.286 e. The van der Waals surface area contributed by atoms with Crippen LogP contribution in [0.25, 0.3) is 11.0 Å². The molecule has 3 aromatic rings. The van der Waals surface area contributed by atoms with Crippen molar-refractivity contribution in [1.82, 2.24) is 35.2 Å². The van der Waals surface area contributed by atoms with Gasteiger partial charge in [0.1, 0.15) is 24.0 Å². The SMILES string of the molecule is Cn1ncc2c(=O)n(CC(=O)NNC(=O)c3cc(Br)c[nH]3)cnc21. The number of carbonyl (C=O) groups excluding carboxylic acids is 2. The smallest absolute Gasteiger partial charge is 0.286 e. The molecular weight excluding hydrogens is 382 g/mol. The predicted molar refractivity (Wildman–Crippen MR) is 86.9 cm³/mol. The number of aromatic nitrogens is 5. The molecule has 3 rings (SSSR count). The van der Waals surface area contributed by atoms with Gasteiger partial charge in [-0.25, -0.2) is 4.98 Å². The van der Waals surface area contributed by atoms with Gasteiger partial charge in [-0.05, 0) is 22.0 Å². The number of carbonyl (C=O) groups is 2. The molecule has 0 atom stereocenters. The number of nitrogens with one attached hydrogen (secondary N) is 3. The molecule has 0 radical (unpaired) electrons. The van der Waals surface area contributed by atoms with Crippen molar-refractivity contribution >= 4 is 38.8 Å². The molecule has 0 saturated heterocycles. The van der Waals surface area contributed by atoms with Gasteiger partial charge >= 0.3 is 0 Å². The molecule has 10 nitrogen and oxygen atoms in total. The minimum Gasteiger partial charge on any atom is -0.356 e. The lowest BCUT2D eigenvalue weighted by Crippen LogP contribution is -2.44. The highest BCUT2D eigenvalue weighted by Crippen LogP contribution is 2.09. The number of aromatic amines is 1. The van der Waals surface area contributed by atoms with Crippen LogP contribution >= 0.6 is 15.9 Å². The lowest BCUT2D eigenvalue weighted by atomic mass is 10.4. The van der Waals surface area contributed by atoms with E-state index < -0.39 is 11.8 Å². The molecule has 11 heteroatoms. The van der Waals surface area contributed by atoms with Gasteiger partial charge in [0.05, 0.1) is 6.20 Å². The van der Waals surface area contributed by atoms with E-state index in [1.54, 1.807) is 19.3 Å². The van der Waals surface area contributed by atoms with Crippen LogP contribution in [0.2, 0.25) is 0 Å². The molecule has 3 heterocycles. The summed E-state index contributed by atoms with van der Waals surface area (Å²) >= 11 is 3.20. The van der Waals surface area contributed by atoms with Crippen LogP contribution in [0, 0.1) is 0 Å². The number of amides is 2. The first-order valence-corrected chi connectivity index (χ1v) is 7.55. The first-order chi connectivity index (χ1) is 11.5. The van der Waals surface area contributed by atoms with E-state index in [-0.39, 0.29) is 17.8 Å². The molecule has 0 bridgehead atoms. The van der Waals surface area contributed by atoms with Crippen molar-refractivity contribution in [2.24, 2.45) is 7.05 Å². The first-order valence-electron chi connectivity index (χ1n) is 6.76. The average molecular weight is 394 g/mol. The number of fused-ring (bicyclic) bond motifs is 1. The molecule has 3 aromatic heterocycles. The molecule has 24 heavy (non-hydrogen) atoms. The highest BCUT2D eigenvalue weighted by molar-refractivity contribution is 9.10. The van der Waals surface area contributed by atoms with E-state index in [1.165, 1.54) is 17.2 Å². The highest BCUT2D eigenvalue weighted by Gasteiger charge is 2.12. The molecule has 3 N–H and O–H groups in total. The van der Waals surface area contributed by atoms with Crippen molar-refractivity contribution in [3.8, 4) is 0 Å². The molecule has 0 aromatic carbocycles. The van der Waals surface area contributed by atoms with Crippen molar-refractivity contribution in [3.63, 3.8) is 0 Å². The predicted octanol–water partition coefficient (Wildman–Crippen LogP) is -0.318. The molecule has 0 saturated carbocycles. The van der Waals surface area contributed by atoms with E-state index in [9.17, 15) is 14.4 Å². The van der Waals surface area contributed by atoms with Gasteiger partial charge in [0, 0.05) is 17.7 Å². The molecule has 0 fully saturated rings. The van der Waals surface area contributed by atoms with Gasteiger partial charge in [0.15, 0.2) is 5.65 Å². The molecule has 2 amide bonds. The fourth-order valence-corrected chi connectivity index (χ4v) is 2.41. The minimum absolute atomic E-state index is 0.276. The van der Waals surface area contributed by atoms with Crippen LogP contribution in [-0.4, -0.2) is 36.1 Å². The van der Waals surface area contributed by atoms with E-state index in [0.29, 0.717) is 15.5 Å². The third-order valence-corrected chi connectivity index (χ3v) is 3.70. The van der Waals surface area contributed by atoms with Crippen LogP contribution in [0.5, 0.6) is 0 Å². The van der Waals surface area contributed by atoms with Crippen molar-refractivity contribution in [2.45, 2.75) is 6.54 Å². The van der Waals surface area contributed by atoms with E-state index in [1.807, 2.05) is 0 Å². The number of rotatable bonds is 3. The van der Waals surface area contributed by atoms with Crippen molar-refractivity contribution in [3.05, 3.63) is 45.3 Å². The van der Waals surface area contributed by atoms with Crippen LogP contribution in [0.1, 0.15) is 10.5 Å². The Morgan fingerprint density at radius 1 is 1.38 bits per heavy atom. The molecule has 0 aliphatic rings. The average Bonchev–Trinajstić information content (AvgIpc) is 3.15. The van der Waals surface area contributed by atoms with E-state index in [4.69, 9.17) is 0 Å². The summed E-state index contributed by atoms with van der Waals surface area (Å²) in [6.07, 6.45) is 4.24. The summed E-state index contributed by atoms with van der Waals surface area (Å²) in [6, 6.07) is 1.56. The summed E-state index contributed by atoms with van der Waals surface area (Å²) in [5, 5.41) is 4.26. The Balaban J connectivity index is 1.66. The number of hydrogen-bond acceptors (Lipinski definition) is 5. The lowest BCUT2D eigenvalue weighted by Gasteiger charge is -2.08. The number of halogens is 1. The highest BCUT2D eigenvalue weighted by atomic mass is 79.9. The summed E-state index contributed by atoms with van der Waals surface area (Å²) < 4.78 is 3.31. The van der Waals surface area contributed by atoms with Gasteiger partial charge in [-0.3, -0.25) is 34.5 Å². The minimum atomic E-state index is -0.568. The molecule has 0 aliphatic carbocycles. The Kier molecular flexibility index (Phi) is 4.16. The number of hydrogen-bond donors (Lipinski definition) is 3. The van der Waals surface area contributed by atoms with Gasteiger partial charge in [0.2, 0.25) is 0 Å². The Morgan fingerprint density at radius 2 is 2.17 bits per heavy atom.